The van der Waals surface area contributed by atoms with Crippen LogP contribution in [0.4, 0.5) is 5.69 Å². The normalized spacial score (nSPS) is 26.8. The Kier molecular flexibility index (Phi) is 4.90. The molecule has 3 nitrogen and oxygen atoms in total. The maximum absolute atomic E-state index is 12.4. The van der Waals surface area contributed by atoms with Gasteiger partial charge in [0.25, 0.3) is 0 Å². The summed E-state index contributed by atoms with van der Waals surface area (Å²) in [6.45, 7) is 7.09. The molecule has 6 heteroatoms. The third-order valence-electron chi connectivity index (χ3n) is 4.81. The number of aryl methyl sites for hydroxylation is 1. The van der Waals surface area contributed by atoms with Gasteiger partial charge < -0.3 is 5.32 Å². The topological polar surface area (TPSA) is 32.3 Å². The number of amides is 1. The van der Waals surface area contributed by atoms with Crippen molar-refractivity contribution in [2.75, 3.05) is 29.9 Å². The number of halogens is 2. The van der Waals surface area contributed by atoms with Crippen LogP contribution in [0.15, 0.2) is 18.2 Å². The predicted molar refractivity (Wildman–Crippen MR) is 99.6 cm³/mol. The molecule has 0 bridgehead atoms. The van der Waals surface area contributed by atoms with Crippen LogP contribution in [0.25, 0.3) is 0 Å². The average Bonchev–Trinajstić information content (AvgIpc) is 3.03. The molecule has 1 heterocycles. The number of carbonyl (C=O) groups excluding carboxylic acids is 1. The molecule has 1 saturated heterocycles. The van der Waals surface area contributed by atoms with Gasteiger partial charge in [0.15, 0.2) is 0 Å². The smallest absolute Gasteiger partial charge is 0.233 e. The van der Waals surface area contributed by atoms with E-state index < -0.39 is 9.75 Å². The van der Waals surface area contributed by atoms with Crippen LogP contribution in [-0.2, 0) is 11.3 Å². The van der Waals surface area contributed by atoms with Crippen molar-refractivity contribution < 1.29 is 4.79 Å². The minimum Gasteiger partial charge on any atom is -0.325 e. The summed E-state index contributed by atoms with van der Waals surface area (Å²) in [7, 11) is 0. The molecule has 0 aromatic heterocycles. The summed E-state index contributed by atoms with van der Waals surface area (Å²) in [6, 6.07) is 6.23. The number of nitrogens with one attached hydrogen (secondary N) is 1. The van der Waals surface area contributed by atoms with Crippen molar-refractivity contribution in [1.29, 1.82) is 0 Å². The zero-order chi connectivity index (χ0) is 16.7. The van der Waals surface area contributed by atoms with E-state index in [1.54, 1.807) is 6.92 Å². The van der Waals surface area contributed by atoms with E-state index in [0.29, 0.717) is 6.42 Å². The molecule has 0 radical (unpaired) electrons. The lowest BCUT2D eigenvalue weighted by molar-refractivity contribution is -0.120. The summed E-state index contributed by atoms with van der Waals surface area (Å²) in [5.41, 5.74) is 2.51. The van der Waals surface area contributed by atoms with E-state index in [9.17, 15) is 4.79 Å². The van der Waals surface area contributed by atoms with Gasteiger partial charge in [-0.15, -0.1) is 23.2 Å². The molecular formula is C17H22Cl2N2OS. The molecule has 1 aliphatic heterocycles. The predicted octanol–water partition coefficient (Wildman–Crippen LogP) is 4.07. The molecule has 1 aromatic carbocycles. The van der Waals surface area contributed by atoms with Crippen molar-refractivity contribution in [3.05, 3.63) is 29.3 Å². The second kappa shape index (κ2) is 6.47. The Morgan fingerprint density at radius 1 is 1.35 bits per heavy atom. The lowest BCUT2D eigenvalue weighted by Crippen LogP contribution is -2.32. The van der Waals surface area contributed by atoms with Crippen LogP contribution in [0, 0.1) is 12.3 Å². The molecule has 1 unspecified atom stereocenters. The Bertz CT molecular complexity index is 617. The molecule has 126 valence electrons. The number of nitrogens with zero attached hydrogens (tertiary/aromatic N) is 1. The second-order valence-electron chi connectivity index (χ2n) is 6.71. The van der Waals surface area contributed by atoms with E-state index in [1.807, 2.05) is 24.8 Å². The number of benzene rings is 1. The zero-order valence-corrected chi connectivity index (χ0v) is 15.8. The Morgan fingerprint density at radius 2 is 2.00 bits per heavy atom. The van der Waals surface area contributed by atoms with E-state index in [2.05, 4.69) is 22.3 Å². The molecule has 2 fully saturated rings. The van der Waals surface area contributed by atoms with Crippen molar-refractivity contribution >= 4 is 46.6 Å². The third kappa shape index (κ3) is 3.65. The van der Waals surface area contributed by atoms with Crippen molar-refractivity contribution in [2.24, 2.45) is 5.41 Å². The minimum absolute atomic E-state index is 0.105. The van der Waals surface area contributed by atoms with Gasteiger partial charge in [0, 0.05) is 36.8 Å². The summed E-state index contributed by atoms with van der Waals surface area (Å²) >= 11 is 14.2. The lowest BCUT2D eigenvalue weighted by Gasteiger charge is -2.26. The molecule has 0 spiro atoms. The first-order valence-corrected chi connectivity index (χ1v) is 9.82. The summed E-state index contributed by atoms with van der Waals surface area (Å²) in [4.78, 5) is 14.9. The van der Waals surface area contributed by atoms with Crippen molar-refractivity contribution in [2.45, 2.75) is 31.1 Å². The van der Waals surface area contributed by atoms with Crippen LogP contribution in [-0.4, -0.2) is 39.7 Å². The molecule has 2 aliphatic rings. The zero-order valence-electron chi connectivity index (χ0n) is 13.5. The highest BCUT2D eigenvalue weighted by atomic mass is 35.5. The highest BCUT2D eigenvalue weighted by molar-refractivity contribution is 7.99. The molecule has 1 atom stereocenters. The van der Waals surface area contributed by atoms with Crippen LogP contribution in [0.5, 0.6) is 0 Å². The van der Waals surface area contributed by atoms with Gasteiger partial charge in [0.2, 0.25) is 5.91 Å². The molecule has 1 amide bonds. The number of thioether (sulfide) groups is 1. The van der Waals surface area contributed by atoms with Crippen molar-refractivity contribution in [1.82, 2.24) is 4.90 Å². The van der Waals surface area contributed by atoms with Crippen LogP contribution in [0.3, 0.4) is 0 Å². The maximum Gasteiger partial charge on any atom is 0.233 e. The standard InChI is InChI=1S/C17H22Cl2N2OS/c1-12-9-13(10-21-5-7-23-8-6-21)3-4-14(12)20-15(22)16(2)11-17(16,18)19/h3-4,9H,5-8,10-11H2,1-2H3,(H,20,22). The quantitative estimate of drug-likeness (QED) is 0.808. The van der Waals surface area contributed by atoms with Crippen LogP contribution in [0.1, 0.15) is 24.5 Å². The van der Waals surface area contributed by atoms with Gasteiger partial charge in [-0.3, -0.25) is 9.69 Å². The molecule has 23 heavy (non-hydrogen) atoms. The minimum atomic E-state index is -0.933. The molecule has 1 aromatic rings. The van der Waals surface area contributed by atoms with Crippen LogP contribution >= 0.6 is 35.0 Å². The van der Waals surface area contributed by atoms with E-state index in [1.165, 1.54) is 17.1 Å². The number of hydrogen-bond acceptors (Lipinski definition) is 3. The van der Waals surface area contributed by atoms with Gasteiger partial charge in [-0.05, 0) is 37.5 Å². The van der Waals surface area contributed by atoms with Crippen molar-refractivity contribution in [3.8, 4) is 0 Å². The van der Waals surface area contributed by atoms with E-state index in [0.717, 1.165) is 30.9 Å². The largest absolute Gasteiger partial charge is 0.325 e. The van der Waals surface area contributed by atoms with Gasteiger partial charge in [-0.1, -0.05) is 12.1 Å². The highest BCUT2D eigenvalue weighted by Crippen LogP contribution is 2.64. The summed E-state index contributed by atoms with van der Waals surface area (Å²) in [5, 5.41) is 2.97. The monoisotopic (exact) mass is 372 g/mol. The summed E-state index contributed by atoms with van der Waals surface area (Å²) in [6.07, 6.45) is 0.499. The van der Waals surface area contributed by atoms with E-state index >= 15 is 0 Å². The average molecular weight is 373 g/mol. The van der Waals surface area contributed by atoms with Crippen LogP contribution < -0.4 is 5.32 Å². The molecular weight excluding hydrogens is 351 g/mol. The number of anilines is 1. The van der Waals surface area contributed by atoms with Gasteiger partial charge in [0.05, 0.1) is 5.41 Å². The Hall–Kier alpha value is -0.420. The number of alkyl halides is 2. The highest BCUT2D eigenvalue weighted by Gasteiger charge is 2.67. The summed E-state index contributed by atoms with van der Waals surface area (Å²) < 4.78 is -0.933. The fourth-order valence-corrected chi connectivity index (χ4v) is 4.57. The van der Waals surface area contributed by atoms with E-state index in [-0.39, 0.29) is 5.91 Å². The Labute approximate surface area is 152 Å². The summed E-state index contributed by atoms with van der Waals surface area (Å²) in [5.74, 6) is 2.32. The first-order valence-electron chi connectivity index (χ1n) is 7.91. The number of carbonyl (C=O) groups is 1. The Balaban J connectivity index is 1.64. The third-order valence-corrected chi connectivity index (χ3v) is 6.85. The molecule has 1 saturated carbocycles. The first kappa shape index (κ1) is 17.4. The van der Waals surface area contributed by atoms with Gasteiger partial charge in [-0.25, -0.2) is 0 Å². The number of rotatable bonds is 4. The van der Waals surface area contributed by atoms with E-state index in [4.69, 9.17) is 23.2 Å². The maximum atomic E-state index is 12.4. The fraction of sp³-hybridized carbons (Fsp3) is 0.588. The first-order chi connectivity index (χ1) is 10.8. The molecule has 1 N–H and O–H groups in total. The fourth-order valence-electron chi connectivity index (χ4n) is 2.89. The van der Waals surface area contributed by atoms with Gasteiger partial charge >= 0.3 is 0 Å². The van der Waals surface area contributed by atoms with Gasteiger partial charge in [-0.2, -0.15) is 11.8 Å². The van der Waals surface area contributed by atoms with Gasteiger partial charge in [0.1, 0.15) is 4.33 Å². The van der Waals surface area contributed by atoms with Crippen molar-refractivity contribution in [3.63, 3.8) is 0 Å². The SMILES string of the molecule is Cc1cc(CN2CCSCC2)ccc1NC(=O)C1(C)CC1(Cl)Cl. The second-order valence-corrected chi connectivity index (χ2v) is 9.41. The van der Waals surface area contributed by atoms with Crippen LogP contribution in [0.2, 0.25) is 0 Å². The molecule has 3 rings (SSSR count). The lowest BCUT2D eigenvalue weighted by atomic mass is 10.1. The Morgan fingerprint density at radius 3 is 2.57 bits per heavy atom. The molecule has 1 aliphatic carbocycles. The number of hydrogen-bond donors (Lipinski definition) is 1.